The predicted octanol–water partition coefficient (Wildman–Crippen LogP) is 2.89. The second kappa shape index (κ2) is 10.7. The van der Waals surface area contributed by atoms with Crippen molar-refractivity contribution in [1.29, 1.82) is 0 Å². The van der Waals surface area contributed by atoms with Crippen molar-refractivity contribution in [2.75, 3.05) is 18.6 Å². The molecule has 2 N–H and O–H groups in total. The molecule has 10 heteroatoms. The third kappa shape index (κ3) is 5.74. The molecule has 0 fully saturated rings. The number of hydrogen-bond acceptors (Lipinski definition) is 6. The topological polar surface area (TPSA) is 105 Å². The van der Waals surface area contributed by atoms with Crippen molar-refractivity contribution in [2.24, 2.45) is 0 Å². The second-order valence-electron chi connectivity index (χ2n) is 8.17. The summed E-state index contributed by atoms with van der Waals surface area (Å²) in [6.07, 6.45) is 8.77. The number of nitrogens with zero attached hydrogens (tertiary/aromatic N) is 3. The van der Waals surface area contributed by atoms with Gasteiger partial charge in [-0.05, 0) is 79.5 Å². The molecule has 3 aromatic rings. The molecule has 33 heavy (non-hydrogen) atoms. The molecule has 1 aliphatic carbocycles. The zero-order valence-electron chi connectivity index (χ0n) is 18.7. The van der Waals surface area contributed by atoms with E-state index < -0.39 is 10.0 Å². The Morgan fingerprint density at radius 3 is 2.79 bits per heavy atom. The molecule has 2 heterocycles. The molecule has 1 aromatic carbocycles. The maximum Gasteiger partial charge on any atom is 0.240 e. The Morgan fingerprint density at radius 1 is 1.15 bits per heavy atom. The zero-order valence-corrected chi connectivity index (χ0v) is 20.3. The molecule has 0 aliphatic heterocycles. The number of sulfonamides is 1. The van der Waals surface area contributed by atoms with Gasteiger partial charge in [0.05, 0.1) is 10.9 Å². The van der Waals surface area contributed by atoms with Crippen LogP contribution in [0.4, 0.5) is 0 Å². The molecule has 0 saturated carbocycles. The summed E-state index contributed by atoms with van der Waals surface area (Å²) in [5.74, 6) is 1.28. The fourth-order valence-corrected chi connectivity index (χ4v) is 5.68. The number of carbonyl (C=O) groups is 1. The summed E-state index contributed by atoms with van der Waals surface area (Å²) in [5.41, 5.74) is 3.06. The maximum atomic E-state index is 12.7. The minimum Gasteiger partial charge on any atom is -0.346 e. The quantitative estimate of drug-likeness (QED) is 0.456. The van der Waals surface area contributed by atoms with Gasteiger partial charge in [0.1, 0.15) is 0 Å². The molecule has 0 radical (unpaired) electrons. The summed E-state index contributed by atoms with van der Waals surface area (Å²) in [5, 5.41) is 11.5. The third-order valence-corrected chi connectivity index (χ3v) is 7.97. The number of hydrogen-bond donors (Lipinski definition) is 2. The van der Waals surface area contributed by atoms with Crippen LogP contribution < -0.4 is 10.0 Å². The lowest BCUT2D eigenvalue weighted by atomic mass is 9.92. The highest BCUT2D eigenvalue weighted by Gasteiger charge is 2.21. The Labute approximate surface area is 198 Å². The minimum absolute atomic E-state index is 0.0288. The van der Waals surface area contributed by atoms with Crippen molar-refractivity contribution < 1.29 is 13.2 Å². The average Bonchev–Trinajstić information content (AvgIpc) is 3.25. The van der Waals surface area contributed by atoms with Crippen LogP contribution in [0.5, 0.6) is 0 Å². The largest absolute Gasteiger partial charge is 0.346 e. The highest BCUT2D eigenvalue weighted by Crippen LogP contribution is 2.24. The Bertz CT molecular complexity index is 1230. The Hall–Kier alpha value is -2.43. The van der Waals surface area contributed by atoms with Gasteiger partial charge in [-0.3, -0.25) is 9.20 Å². The molecule has 8 nitrogen and oxygen atoms in total. The molecule has 2 aromatic heterocycles. The molecule has 1 unspecified atom stereocenters. The van der Waals surface area contributed by atoms with Gasteiger partial charge in [-0.15, -0.1) is 10.2 Å². The van der Waals surface area contributed by atoms with E-state index in [9.17, 15) is 13.2 Å². The van der Waals surface area contributed by atoms with Crippen molar-refractivity contribution in [3.63, 3.8) is 0 Å². The number of thioether (sulfide) groups is 1. The second-order valence-corrected chi connectivity index (χ2v) is 10.9. The van der Waals surface area contributed by atoms with Crippen molar-refractivity contribution in [1.82, 2.24) is 24.6 Å². The predicted molar refractivity (Wildman–Crippen MR) is 130 cm³/mol. The van der Waals surface area contributed by atoms with Gasteiger partial charge in [-0.25, -0.2) is 13.1 Å². The number of aryl methyl sites for hydroxylation is 2. The van der Waals surface area contributed by atoms with Crippen molar-refractivity contribution in [3.05, 3.63) is 59.5 Å². The van der Waals surface area contributed by atoms with E-state index in [4.69, 9.17) is 0 Å². The van der Waals surface area contributed by atoms with Crippen molar-refractivity contribution >= 4 is 33.3 Å². The average molecular weight is 488 g/mol. The molecular weight excluding hydrogens is 458 g/mol. The molecule has 0 saturated heterocycles. The van der Waals surface area contributed by atoms with Crippen LogP contribution in [0.2, 0.25) is 0 Å². The lowest BCUT2D eigenvalue weighted by Gasteiger charge is -2.18. The van der Waals surface area contributed by atoms with Gasteiger partial charge in [0.25, 0.3) is 0 Å². The summed E-state index contributed by atoms with van der Waals surface area (Å²) in [6, 6.07) is 10.7. The first kappa shape index (κ1) is 23.7. The van der Waals surface area contributed by atoms with Gasteiger partial charge >= 0.3 is 0 Å². The number of carbonyl (C=O) groups excluding carboxylic acids is 1. The summed E-state index contributed by atoms with van der Waals surface area (Å²) < 4.78 is 29.9. The normalized spacial score (nSPS) is 14.7. The monoisotopic (exact) mass is 487 g/mol. The van der Waals surface area contributed by atoms with Crippen LogP contribution in [-0.2, 0) is 27.7 Å². The molecule has 176 valence electrons. The summed E-state index contributed by atoms with van der Waals surface area (Å²) in [4.78, 5) is 12.9. The first-order valence-corrected chi connectivity index (χ1v) is 14.0. The zero-order chi connectivity index (χ0) is 23.3. The number of aromatic nitrogens is 3. The maximum absolute atomic E-state index is 12.7. The van der Waals surface area contributed by atoms with Crippen molar-refractivity contribution in [3.8, 4) is 0 Å². The standard InChI is InChI=1S/C23H29N5O3S2/c1-32-15-12-20(23-27-26-21-8-4-5-14-28(21)23)25-22(29)11-13-24-33(30,31)19-10-9-17-6-2-3-7-18(17)16-19/h4-5,8-10,14,16,20,24H,2-3,6-7,11-13,15H2,1H3,(H,25,29). The molecule has 1 amide bonds. The van der Waals surface area contributed by atoms with E-state index >= 15 is 0 Å². The Balaban J connectivity index is 1.37. The van der Waals surface area contributed by atoms with Crippen LogP contribution in [-0.4, -0.2) is 47.5 Å². The van der Waals surface area contributed by atoms with Crippen molar-refractivity contribution in [2.45, 2.75) is 49.5 Å². The third-order valence-electron chi connectivity index (χ3n) is 5.87. The minimum atomic E-state index is -3.66. The number of rotatable bonds is 10. The Morgan fingerprint density at radius 2 is 1.97 bits per heavy atom. The first-order valence-electron chi connectivity index (χ1n) is 11.2. The molecular formula is C23H29N5O3S2. The number of fused-ring (bicyclic) bond motifs is 2. The molecule has 0 bridgehead atoms. The van der Waals surface area contributed by atoms with Gasteiger partial charge in [-0.2, -0.15) is 11.8 Å². The summed E-state index contributed by atoms with van der Waals surface area (Å²) in [7, 11) is -3.66. The Kier molecular flexibility index (Phi) is 7.67. The lowest BCUT2D eigenvalue weighted by Crippen LogP contribution is -2.34. The van der Waals surface area contributed by atoms with E-state index in [2.05, 4.69) is 20.2 Å². The van der Waals surface area contributed by atoms with Gasteiger partial charge in [-0.1, -0.05) is 12.1 Å². The summed E-state index contributed by atoms with van der Waals surface area (Å²) in [6.45, 7) is 0.0288. The van der Waals surface area contributed by atoms with Gasteiger partial charge in [0.15, 0.2) is 11.5 Å². The number of pyridine rings is 1. The van der Waals surface area contributed by atoms with E-state index in [1.54, 1.807) is 23.9 Å². The van der Waals surface area contributed by atoms with E-state index in [1.165, 1.54) is 5.56 Å². The molecule has 4 rings (SSSR count). The van der Waals surface area contributed by atoms with Gasteiger partial charge < -0.3 is 5.32 Å². The molecule has 0 spiro atoms. The highest BCUT2D eigenvalue weighted by molar-refractivity contribution is 7.98. The van der Waals surface area contributed by atoms with Crippen LogP contribution in [0.25, 0.3) is 5.65 Å². The van der Waals surface area contributed by atoms with E-state index in [1.807, 2.05) is 41.1 Å². The number of benzene rings is 1. The smallest absolute Gasteiger partial charge is 0.240 e. The van der Waals surface area contributed by atoms with Crippen LogP contribution in [0, 0.1) is 0 Å². The van der Waals surface area contributed by atoms with E-state index in [0.717, 1.165) is 37.0 Å². The van der Waals surface area contributed by atoms with Gasteiger partial charge in [0, 0.05) is 19.2 Å². The number of amides is 1. The molecule has 1 atom stereocenters. The van der Waals surface area contributed by atoms with Crippen LogP contribution in [0.1, 0.15) is 48.7 Å². The molecule has 1 aliphatic rings. The SMILES string of the molecule is CSCCC(NC(=O)CCNS(=O)(=O)c1ccc2c(c1)CCCC2)c1nnc2ccccn12. The van der Waals surface area contributed by atoms with Crippen LogP contribution in [0.3, 0.4) is 0 Å². The van der Waals surface area contributed by atoms with Crippen LogP contribution >= 0.6 is 11.8 Å². The fourth-order valence-electron chi connectivity index (χ4n) is 4.12. The fraction of sp³-hybridized carbons (Fsp3) is 0.435. The van der Waals surface area contributed by atoms with E-state index in [-0.39, 0.29) is 29.8 Å². The number of nitrogens with one attached hydrogen (secondary N) is 2. The first-order chi connectivity index (χ1) is 16.0. The van der Waals surface area contributed by atoms with Crippen LogP contribution in [0.15, 0.2) is 47.5 Å². The highest BCUT2D eigenvalue weighted by atomic mass is 32.2. The lowest BCUT2D eigenvalue weighted by molar-refractivity contribution is -0.121. The van der Waals surface area contributed by atoms with Gasteiger partial charge in [0.2, 0.25) is 15.9 Å². The van der Waals surface area contributed by atoms with E-state index in [0.29, 0.717) is 17.9 Å². The summed E-state index contributed by atoms with van der Waals surface area (Å²) >= 11 is 1.69.